The van der Waals surface area contributed by atoms with E-state index in [1.165, 1.54) is 6.26 Å². The molecule has 1 aromatic carbocycles. The molecule has 0 radical (unpaired) electrons. The Labute approximate surface area is 122 Å². The van der Waals surface area contributed by atoms with Gasteiger partial charge in [0, 0.05) is 12.6 Å². The van der Waals surface area contributed by atoms with Crippen molar-refractivity contribution in [2.45, 2.75) is 6.54 Å². The summed E-state index contributed by atoms with van der Waals surface area (Å²) in [6.45, 7) is 0.286. The molecule has 3 aromatic rings. The van der Waals surface area contributed by atoms with Gasteiger partial charge in [-0.25, -0.2) is 4.68 Å². The van der Waals surface area contributed by atoms with Crippen LogP contribution in [0.4, 0.5) is 0 Å². The second kappa shape index (κ2) is 5.04. The smallest absolute Gasteiger partial charge is 0.251 e. The first-order valence-corrected chi connectivity index (χ1v) is 6.61. The molecule has 2 aromatic heterocycles. The van der Waals surface area contributed by atoms with Crippen LogP contribution in [0.2, 0.25) is 0 Å². The van der Waals surface area contributed by atoms with Crippen LogP contribution in [0, 0.1) is 0 Å². The van der Waals surface area contributed by atoms with Gasteiger partial charge in [0.25, 0.3) is 5.91 Å². The van der Waals surface area contributed by atoms with Crippen LogP contribution < -0.4 is 5.32 Å². The average Bonchev–Trinajstić information content (AvgIpc) is 3.02. The van der Waals surface area contributed by atoms with Crippen LogP contribution in [-0.2, 0) is 13.6 Å². The summed E-state index contributed by atoms with van der Waals surface area (Å²) in [6.07, 6.45) is 1.47. The fraction of sp³-hybridized carbons (Fsp3) is 0.167. The Bertz CT molecular complexity index is 779. The number of rotatable bonds is 3. The lowest BCUT2D eigenvalue weighted by molar-refractivity contribution is 0.0950. The van der Waals surface area contributed by atoms with Crippen LogP contribution in [0.25, 0.3) is 11.0 Å². The third kappa shape index (κ3) is 2.29. The highest BCUT2D eigenvalue weighted by Gasteiger charge is 2.11. The first-order valence-electron chi connectivity index (χ1n) is 5.81. The van der Waals surface area contributed by atoms with E-state index in [0.29, 0.717) is 16.8 Å². The Morgan fingerprint density at radius 1 is 1.50 bits per heavy atom. The van der Waals surface area contributed by atoms with Crippen molar-refractivity contribution in [1.82, 2.24) is 25.5 Å². The molecule has 0 saturated heterocycles. The number of amides is 1. The van der Waals surface area contributed by atoms with Crippen molar-refractivity contribution in [3.05, 3.63) is 40.2 Å². The lowest BCUT2D eigenvalue weighted by atomic mass is 10.2. The van der Waals surface area contributed by atoms with E-state index in [0.717, 1.165) is 9.99 Å². The molecule has 3 rings (SSSR count). The number of halogens is 1. The molecule has 0 spiro atoms. The molecule has 8 heteroatoms. The van der Waals surface area contributed by atoms with Gasteiger partial charge in [0.05, 0.1) is 16.5 Å². The van der Waals surface area contributed by atoms with E-state index in [4.69, 9.17) is 4.52 Å². The van der Waals surface area contributed by atoms with Gasteiger partial charge in [-0.1, -0.05) is 10.4 Å². The Balaban J connectivity index is 1.77. The number of hydrogen-bond acceptors (Lipinski definition) is 5. The van der Waals surface area contributed by atoms with E-state index < -0.39 is 0 Å². The van der Waals surface area contributed by atoms with Gasteiger partial charge in [0.2, 0.25) is 0 Å². The summed E-state index contributed by atoms with van der Waals surface area (Å²) in [4.78, 5) is 12.1. The van der Waals surface area contributed by atoms with Crippen molar-refractivity contribution in [1.29, 1.82) is 0 Å². The van der Waals surface area contributed by atoms with Crippen molar-refractivity contribution in [2.75, 3.05) is 0 Å². The van der Waals surface area contributed by atoms with E-state index >= 15 is 0 Å². The minimum Gasteiger partial charge on any atom is -0.363 e. The predicted molar refractivity (Wildman–Crippen MR) is 73.9 cm³/mol. The van der Waals surface area contributed by atoms with Crippen LogP contribution in [0.1, 0.15) is 16.1 Å². The van der Waals surface area contributed by atoms with E-state index in [1.807, 2.05) is 6.07 Å². The Kier molecular flexibility index (Phi) is 3.23. The van der Waals surface area contributed by atoms with Crippen LogP contribution in [0.3, 0.4) is 0 Å². The Morgan fingerprint density at radius 3 is 3.10 bits per heavy atom. The molecule has 0 aliphatic carbocycles. The first-order chi connectivity index (χ1) is 9.65. The molecule has 102 valence electrons. The van der Waals surface area contributed by atoms with E-state index in [9.17, 15) is 4.79 Å². The number of hydrogen-bond donors (Lipinski definition) is 1. The van der Waals surface area contributed by atoms with Crippen molar-refractivity contribution in [3.8, 4) is 0 Å². The number of carbonyl (C=O) groups is 1. The van der Waals surface area contributed by atoms with E-state index in [1.54, 1.807) is 23.9 Å². The number of nitrogens with one attached hydrogen (secondary N) is 1. The maximum absolute atomic E-state index is 12.1. The summed E-state index contributed by atoms with van der Waals surface area (Å²) in [5, 5.41) is 14.4. The third-order valence-corrected chi connectivity index (χ3v) is 3.53. The quantitative estimate of drug-likeness (QED) is 0.786. The molecule has 2 heterocycles. The number of aromatic nitrogens is 4. The summed E-state index contributed by atoms with van der Waals surface area (Å²) < 4.78 is 7.16. The zero-order valence-corrected chi connectivity index (χ0v) is 12.1. The van der Waals surface area contributed by atoms with Gasteiger partial charge < -0.3 is 9.84 Å². The molecule has 0 fully saturated rings. The number of benzene rings is 1. The van der Waals surface area contributed by atoms with E-state index in [-0.39, 0.29) is 12.5 Å². The second-order valence-electron chi connectivity index (χ2n) is 4.21. The molecule has 0 unspecified atom stereocenters. The number of carbonyl (C=O) groups excluding carboxylic acids is 1. The molecule has 0 aliphatic heterocycles. The van der Waals surface area contributed by atoms with Gasteiger partial charge in [0.1, 0.15) is 17.5 Å². The predicted octanol–water partition coefficient (Wildman–Crippen LogP) is 1.65. The molecular weight excluding hydrogens is 326 g/mol. The highest BCUT2D eigenvalue weighted by atomic mass is 79.9. The lowest BCUT2D eigenvalue weighted by Crippen LogP contribution is -2.23. The third-order valence-electron chi connectivity index (χ3n) is 2.88. The average molecular weight is 336 g/mol. The number of nitrogens with zero attached hydrogens (tertiary/aromatic N) is 4. The number of fused-ring (bicyclic) bond motifs is 1. The summed E-state index contributed by atoms with van der Waals surface area (Å²) >= 11 is 3.28. The van der Waals surface area contributed by atoms with Crippen LogP contribution in [-0.4, -0.2) is 26.1 Å². The second-order valence-corrected chi connectivity index (χ2v) is 5.06. The summed E-state index contributed by atoms with van der Waals surface area (Å²) in [5.41, 5.74) is 2.72. The molecule has 0 saturated carbocycles. The highest BCUT2D eigenvalue weighted by molar-refractivity contribution is 9.10. The Morgan fingerprint density at radius 2 is 2.35 bits per heavy atom. The number of aryl methyl sites for hydroxylation is 1. The van der Waals surface area contributed by atoms with Gasteiger partial charge in [0.15, 0.2) is 0 Å². The maximum Gasteiger partial charge on any atom is 0.251 e. The zero-order valence-electron chi connectivity index (χ0n) is 10.5. The van der Waals surface area contributed by atoms with Crippen molar-refractivity contribution in [3.63, 3.8) is 0 Å². The minimum atomic E-state index is -0.201. The van der Waals surface area contributed by atoms with E-state index in [2.05, 4.69) is 36.7 Å². The minimum absolute atomic E-state index is 0.201. The Hall–Kier alpha value is -2.22. The fourth-order valence-electron chi connectivity index (χ4n) is 1.81. The molecule has 7 nitrogen and oxygen atoms in total. The standard InChI is InChI=1S/C12H10BrN5O2/c1-18-11-3-2-7(4-9(11)15-17-18)12(19)14-5-10-8(13)6-20-16-10/h2-4,6H,5H2,1H3,(H,14,19). The van der Waals surface area contributed by atoms with Crippen LogP contribution in [0.15, 0.2) is 33.5 Å². The molecule has 20 heavy (non-hydrogen) atoms. The van der Waals surface area contributed by atoms with Crippen molar-refractivity contribution in [2.24, 2.45) is 7.05 Å². The molecule has 0 atom stereocenters. The van der Waals surface area contributed by atoms with Gasteiger partial charge in [-0.2, -0.15) is 0 Å². The molecular formula is C12H10BrN5O2. The topological polar surface area (TPSA) is 85.8 Å². The van der Waals surface area contributed by atoms with Crippen LogP contribution >= 0.6 is 15.9 Å². The fourth-order valence-corrected chi connectivity index (χ4v) is 2.11. The SMILES string of the molecule is Cn1nnc2cc(C(=O)NCc3nocc3Br)ccc21. The van der Waals surface area contributed by atoms with Crippen LogP contribution in [0.5, 0.6) is 0 Å². The summed E-state index contributed by atoms with van der Waals surface area (Å²) in [7, 11) is 1.80. The van der Waals surface area contributed by atoms with Crippen molar-refractivity contribution >= 4 is 32.9 Å². The highest BCUT2D eigenvalue weighted by Crippen LogP contribution is 2.15. The largest absolute Gasteiger partial charge is 0.363 e. The molecule has 0 aliphatic rings. The van der Waals surface area contributed by atoms with Gasteiger partial charge in [-0.3, -0.25) is 4.79 Å². The van der Waals surface area contributed by atoms with Gasteiger partial charge >= 0.3 is 0 Å². The normalized spacial score (nSPS) is 10.9. The lowest BCUT2D eigenvalue weighted by Gasteiger charge is -2.03. The van der Waals surface area contributed by atoms with Gasteiger partial charge in [-0.05, 0) is 34.1 Å². The maximum atomic E-state index is 12.1. The van der Waals surface area contributed by atoms with Gasteiger partial charge in [-0.15, -0.1) is 5.10 Å². The molecule has 0 bridgehead atoms. The monoisotopic (exact) mass is 335 g/mol. The summed E-state index contributed by atoms with van der Waals surface area (Å²) in [5.74, 6) is -0.201. The van der Waals surface area contributed by atoms with Crippen molar-refractivity contribution < 1.29 is 9.32 Å². The summed E-state index contributed by atoms with van der Waals surface area (Å²) in [6, 6.07) is 5.25. The molecule has 1 N–H and O–H groups in total. The first kappa shape index (κ1) is 12.8. The molecule has 1 amide bonds. The zero-order chi connectivity index (χ0) is 14.1.